The van der Waals surface area contributed by atoms with Crippen LogP contribution in [0.4, 0.5) is 10.1 Å². The van der Waals surface area contributed by atoms with Crippen molar-refractivity contribution in [3.63, 3.8) is 0 Å². The molecule has 160 valence electrons. The molecular weight excluding hydrogens is 427 g/mol. The number of ketones is 1. The fourth-order valence-corrected chi connectivity index (χ4v) is 3.94. The first kappa shape index (κ1) is 21.4. The largest absolute Gasteiger partial charge is 0.484 e. The number of ether oxygens (including phenoxy) is 1. The van der Waals surface area contributed by atoms with Crippen molar-refractivity contribution in [1.29, 1.82) is 0 Å². The number of anilines is 1. The van der Waals surface area contributed by atoms with Crippen molar-refractivity contribution >= 4 is 28.7 Å². The summed E-state index contributed by atoms with van der Waals surface area (Å²) >= 11 is 1.34. The molecule has 1 aromatic heterocycles. The van der Waals surface area contributed by atoms with Crippen molar-refractivity contribution in [2.45, 2.75) is 6.92 Å². The van der Waals surface area contributed by atoms with E-state index in [1.165, 1.54) is 24.3 Å². The first-order chi connectivity index (χ1) is 15.5. The van der Waals surface area contributed by atoms with Crippen LogP contribution in [-0.2, 0) is 4.79 Å². The van der Waals surface area contributed by atoms with Gasteiger partial charge in [0.1, 0.15) is 16.6 Å². The third-order valence-corrected chi connectivity index (χ3v) is 5.59. The van der Waals surface area contributed by atoms with Gasteiger partial charge < -0.3 is 10.1 Å². The van der Waals surface area contributed by atoms with E-state index in [-0.39, 0.29) is 24.1 Å². The zero-order valence-corrected chi connectivity index (χ0v) is 18.0. The third kappa shape index (κ3) is 4.90. The highest BCUT2D eigenvalue weighted by Crippen LogP contribution is 2.33. The van der Waals surface area contributed by atoms with Crippen molar-refractivity contribution < 1.29 is 18.7 Å². The van der Waals surface area contributed by atoms with Crippen LogP contribution in [0.3, 0.4) is 0 Å². The Bertz CT molecular complexity index is 1270. The van der Waals surface area contributed by atoms with Crippen LogP contribution in [0.15, 0.2) is 78.2 Å². The van der Waals surface area contributed by atoms with Gasteiger partial charge in [0.2, 0.25) is 0 Å². The molecule has 0 fully saturated rings. The molecule has 4 aromatic rings. The molecule has 32 heavy (non-hydrogen) atoms. The van der Waals surface area contributed by atoms with E-state index in [0.717, 1.165) is 5.56 Å². The first-order valence-corrected chi connectivity index (χ1v) is 10.7. The van der Waals surface area contributed by atoms with Crippen molar-refractivity contribution in [2.75, 3.05) is 11.9 Å². The van der Waals surface area contributed by atoms with E-state index in [1.54, 1.807) is 48.5 Å². The topological polar surface area (TPSA) is 68.3 Å². The van der Waals surface area contributed by atoms with Crippen LogP contribution in [0, 0.1) is 5.82 Å². The smallest absolute Gasteiger partial charge is 0.262 e. The summed E-state index contributed by atoms with van der Waals surface area (Å²) in [5.41, 5.74) is 2.97. The normalized spacial score (nSPS) is 10.6. The van der Waals surface area contributed by atoms with Gasteiger partial charge in [-0.3, -0.25) is 9.59 Å². The van der Waals surface area contributed by atoms with Gasteiger partial charge in [0, 0.05) is 22.1 Å². The van der Waals surface area contributed by atoms with Gasteiger partial charge in [-0.05, 0) is 49.4 Å². The van der Waals surface area contributed by atoms with Gasteiger partial charge in [-0.15, -0.1) is 11.3 Å². The zero-order valence-electron chi connectivity index (χ0n) is 17.2. The fourth-order valence-electron chi connectivity index (χ4n) is 3.09. The van der Waals surface area contributed by atoms with Crippen LogP contribution in [-0.4, -0.2) is 23.3 Å². The lowest BCUT2D eigenvalue weighted by Gasteiger charge is -2.11. The monoisotopic (exact) mass is 446 g/mol. The maximum absolute atomic E-state index is 14.1. The first-order valence-electron chi connectivity index (χ1n) is 9.85. The number of benzene rings is 3. The third-order valence-electron chi connectivity index (χ3n) is 4.72. The summed E-state index contributed by atoms with van der Waals surface area (Å²) in [5.74, 6) is -0.209. The van der Waals surface area contributed by atoms with Crippen molar-refractivity contribution in [1.82, 2.24) is 4.98 Å². The highest BCUT2D eigenvalue weighted by molar-refractivity contribution is 7.13. The van der Waals surface area contributed by atoms with Gasteiger partial charge in [0.05, 0.1) is 11.4 Å². The molecule has 0 aliphatic carbocycles. The van der Waals surface area contributed by atoms with Gasteiger partial charge in [-0.2, -0.15) is 0 Å². The Morgan fingerprint density at radius 2 is 1.66 bits per heavy atom. The molecule has 0 bridgehead atoms. The van der Waals surface area contributed by atoms with Crippen LogP contribution in [0.2, 0.25) is 0 Å². The molecule has 0 aliphatic heterocycles. The number of nitrogens with one attached hydrogen (secondary N) is 1. The standard InChI is InChI=1S/C25H19FN2O3S/c1-16(29)17-10-12-18(13-11-17)31-14-24(30)27-22-9-5-3-7-20(22)23-15-32-25(28-23)19-6-2-4-8-21(19)26/h2-13,15H,14H2,1H3,(H,27,30). The Morgan fingerprint density at radius 1 is 0.969 bits per heavy atom. The summed E-state index contributed by atoms with van der Waals surface area (Å²) < 4.78 is 19.6. The quantitative estimate of drug-likeness (QED) is 0.362. The molecule has 0 unspecified atom stereocenters. The molecule has 0 atom stereocenters. The number of halogens is 1. The minimum absolute atomic E-state index is 0.0360. The minimum atomic E-state index is -0.336. The molecule has 1 amide bonds. The predicted octanol–water partition coefficient (Wildman–Crippen LogP) is 5.84. The number of rotatable bonds is 7. The van der Waals surface area contributed by atoms with Crippen LogP contribution in [0.1, 0.15) is 17.3 Å². The molecule has 5 nitrogen and oxygen atoms in total. The molecule has 0 radical (unpaired) electrons. The lowest BCUT2D eigenvalue weighted by molar-refractivity contribution is -0.118. The van der Waals surface area contributed by atoms with Crippen molar-refractivity contribution in [3.8, 4) is 27.6 Å². The fraction of sp³-hybridized carbons (Fsp3) is 0.0800. The molecule has 1 N–H and O–H groups in total. The van der Waals surface area contributed by atoms with Crippen molar-refractivity contribution in [2.24, 2.45) is 0 Å². The number of nitrogens with zero attached hydrogens (tertiary/aromatic N) is 1. The van der Waals surface area contributed by atoms with Gasteiger partial charge in [-0.1, -0.05) is 30.3 Å². The van der Waals surface area contributed by atoms with Crippen LogP contribution in [0.5, 0.6) is 5.75 Å². The number of carbonyl (C=O) groups is 2. The van der Waals surface area contributed by atoms with Crippen LogP contribution in [0.25, 0.3) is 21.8 Å². The number of hydrogen-bond donors (Lipinski definition) is 1. The molecule has 0 aliphatic rings. The zero-order chi connectivity index (χ0) is 22.5. The van der Waals surface area contributed by atoms with E-state index in [1.807, 2.05) is 23.6 Å². The molecule has 1 heterocycles. The van der Waals surface area contributed by atoms with E-state index in [2.05, 4.69) is 10.3 Å². The highest BCUT2D eigenvalue weighted by Gasteiger charge is 2.14. The summed E-state index contributed by atoms with van der Waals surface area (Å²) in [6.07, 6.45) is 0. The molecule has 3 aromatic carbocycles. The predicted molar refractivity (Wildman–Crippen MR) is 124 cm³/mol. The van der Waals surface area contributed by atoms with Crippen LogP contribution < -0.4 is 10.1 Å². The molecule has 0 saturated carbocycles. The number of amides is 1. The van der Waals surface area contributed by atoms with Crippen LogP contribution >= 0.6 is 11.3 Å². The lowest BCUT2D eigenvalue weighted by Crippen LogP contribution is -2.20. The summed E-state index contributed by atoms with van der Waals surface area (Å²) in [7, 11) is 0. The Labute approximate surface area is 188 Å². The molecule has 0 spiro atoms. The number of thiazole rings is 1. The Morgan fingerprint density at radius 3 is 2.38 bits per heavy atom. The number of Topliss-reactive ketones (excluding diaryl/α,β-unsaturated/α-hetero) is 1. The lowest BCUT2D eigenvalue weighted by atomic mass is 10.1. The number of para-hydroxylation sites is 1. The highest BCUT2D eigenvalue weighted by atomic mass is 32.1. The van der Waals surface area contributed by atoms with E-state index in [0.29, 0.717) is 33.3 Å². The van der Waals surface area contributed by atoms with Gasteiger partial charge in [0.25, 0.3) is 5.91 Å². The SMILES string of the molecule is CC(=O)c1ccc(OCC(=O)Nc2ccccc2-c2csc(-c3ccccc3F)n2)cc1. The summed E-state index contributed by atoms with van der Waals surface area (Å²) in [6, 6.07) is 20.4. The van der Waals surface area contributed by atoms with E-state index >= 15 is 0 Å². The summed E-state index contributed by atoms with van der Waals surface area (Å²) in [5, 5.41) is 5.24. The van der Waals surface area contributed by atoms with E-state index < -0.39 is 0 Å². The van der Waals surface area contributed by atoms with Gasteiger partial charge in [0.15, 0.2) is 12.4 Å². The average Bonchev–Trinajstić information content (AvgIpc) is 3.28. The minimum Gasteiger partial charge on any atom is -0.484 e. The Balaban J connectivity index is 1.46. The number of carbonyl (C=O) groups excluding carboxylic acids is 2. The van der Waals surface area contributed by atoms with E-state index in [9.17, 15) is 14.0 Å². The van der Waals surface area contributed by atoms with Gasteiger partial charge >= 0.3 is 0 Å². The second-order valence-electron chi connectivity index (χ2n) is 6.98. The molecular formula is C25H19FN2O3S. The average molecular weight is 447 g/mol. The number of aromatic nitrogens is 1. The molecule has 7 heteroatoms. The maximum atomic E-state index is 14.1. The molecule has 4 rings (SSSR count). The summed E-state index contributed by atoms with van der Waals surface area (Å²) in [6.45, 7) is 1.30. The van der Waals surface area contributed by atoms with Gasteiger partial charge in [-0.25, -0.2) is 9.37 Å². The Kier molecular flexibility index (Phi) is 6.37. The Hall–Kier alpha value is -3.84. The number of hydrogen-bond acceptors (Lipinski definition) is 5. The van der Waals surface area contributed by atoms with Crippen molar-refractivity contribution in [3.05, 3.63) is 89.6 Å². The second kappa shape index (κ2) is 9.53. The second-order valence-corrected chi connectivity index (χ2v) is 7.84. The maximum Gasteiger partial charge on any atom is 0.262 e. The molecule has 0 saturated heterocycles. The van der Waals surface area contributed by atoms with E-state index in [4.69, 9.17) is 4.74 Å². The summed E-state index contributed by atoms with van der Waals surface area (Å²) in [4.78, 5) is 28.4.